The molecule has 1 aliphatic carbocycles. The first-order valence-electron chi connectivity index (χ1n) is 7.88. The quantitative estimate of drug-likeness (QED) is 0.832. The Hall–Kier alpha value is -0.120. The molecular weight excluding hydrogens is 222 g/mol. The molecule has 0 aromatic carbocycles. The maximum Gasteiger partial charge on any atom is 0.0283 e. The molecule has 1 saturated carbocycles. The average molecular weight is 253 g/mol. The van der Waals surface area contributed by atoms with Crippen LogP contribution in [0, 0.1) is 0 Å². The van der Waals surface area contributed by atoms with Crippen LogP contribution in [-0.4, -0.2) is 54.1 Å². The molecule has 1 saturated heterocycles. The molecule has 0 amide bonds. The summed E-state index contributed by atoms with van der Waals surface area (Å²) in [5.41, 5.74) is 6.68. The van der Waals surface area contributed by atoms with E-state index < -0.39 is 0 Å². The van der Waals surface area contributed by atoms with Crippen LogP contribution in [0.5, 0.6) is 0 Å². The van der Waals surface area contributed by atoms with Gasteiger partial charge in [0.1, 0.15) is 0 Å². The average Bonchev–Trinajstić information content (AvgIpc) is 2.39. The van der Waals surface area contributed by atoms with Crippen molar-refractivity contribution in [2.75, 3.05) is 32.7 Å². The molecule has 3 nitrogen and oxygen atoms in total. The van der Waals surface area contributed by atoms with Crippen molar-refractivity contribution in [3.8, 4) is 0 Å². The Morgan fingerprint density at radius 2 is 1.67 bits per heavy atom. The lowest BCUT2D eigenvalue weighted by Crippen LogP contribution is -2.57. The topological polar surface area (TPSA) is 32.5 Å². The zero-order chi connectivity index (χ0) is 13.0. The van der Waals surface area contributed by atoms with Crippen molar-refractivity contribution in [3.63, 3.8) is 0 Å². The van der Waals surface area contributed by atoms with Crippen molar-refractivity contribution >= 4 is 0 Å². The van der Waals surface area contributed by atoms with Crippen molar-refractivity contribution in [2.24, 2.45) is 5.73 Å². The highest BCUT2D eigenvalue weighted by Crippen LogP contribution is 2.27. The van der Waals surface area contributed by atoms with Crippen LogP contribution in [0.4, 0.5) is 0 Å². The Bertz CT molecular complexity index is 240. The molecule has 0 aromatic rings. The first-order valence-corrected chi connectivity index (χ1v) is 7.88. The van der Waals surface area contributed by atoms with Gasteiger partial charge < -0.3 is 5.73 Å². The molecule has 2 fully saturated rings. The van der Waals surface area contributed by atoms with Gasteiger partial charge in [0.05, 0.1) is 0 Å². The van der Waals surface area contributed by atoms with E-state index in [9.17, 15) is 0 Å². The third kappa shape index (κ3) is 3.69. The predicted molar refractivity (Wildman–Crippen MR) is 77.8 cm³/mol. The largest absolute Gasteiger partial charge is 0.324 e. The summed E-state index contributed by atoms with van der Waals surface area (Å²) < 4.78 is 0. The SMILES string of the molecule is CCC(C)N1CCN(CC2(N)CCCCC2)CC1. The van der Waals surface area contributed by atoms with Crippen LogP contribution in [0.25, 0.3) is 0 Å². The molecule has 1 atom stereocenters. The van der Waals surface area contributed by atoms with Gasteiger partial charge in [-0.3, -0.25) is 9.80 Å². The van der Waals surface area contributed by atoms with Crippen LogP contribution in [-0.2, 0) is 0 Å². The Morgan fingerprint density at radius 1 is 1.06 bits per heavy atom. The summed E-state index contributed by atoms with van der Waals surface area (Å²) in [6, 6.07) is 0.744. The van der Waals surface area contributed by atoms with E-state index >= 15 is 0 Å². The van der Waals surface area contributed by atoms with Gasteiger partial charge in [0.2, 0.25) is 0 Å². The number of hydrogen-bond donors (Lipinski definition) is 1. The Labute approximate surface area is 113 Å². The molecule has 0 bridgehead atoms. The van der Waals surface area contributed by atoms with E-state index in [0.717, 1.165) is 12.6 Å². The number of nitrogens with two attached hydrogens (primary N) is 1. The van der Waals surface area contributed by atoms with Gasteiger partial charge in [-0.25, -0.2) is 0 Å². The van der Waals surface area contributed by atoms with Crippen LogP contribution in [0.2, 0.25) is 0 Å². The number of nitrogens with zero attached hydrogens (tertiary/aromatic N) is 2. The highest BCUT2D eigenvalue weighted by atomic mass is 15.3. The highest BCUT2D eigenvalue weighted by molar-refractivity contribution is 4.91. The summed E-state index contributed by atoms with van der Waals surface area (Å²) in [5, 5.41) is 0. The first-order chi connectivity index (χ1) is 8.63. The lowest BCUT2D eigenvalue weighted by Gasteiger charge is -2.43. The fraction of sp³-hybridized carbons (Fsp3) is 1.00. The van der Waals surface area contributed by atoms with Gasteiger partial charge in [0, 0.05) is 44.3 Å². The summed E-state index contributed by atoms with van der Waals surface area (Å²) in [6.45, 7) is 10.6. The first kappa shape index (κ1) is 14.3. The summed E-state index contributed by atoms with van der Waals surface area (Å²) >= 11 is 0. The molecule has 0 aromatic heterocycles. The van der Waals surface area contributed by atoms with E-state index in [1.807, 2.05) is 0 Å². The zero-order valence-corrected chi connectivity index (χ0v) is 12.3. The molecule has 1 unspecified atom stereocenters. The van der Waals surface area contributed by atoms with Crippen molar-refractivity contribution in [1.29, 1.82) is 0 Å². The van der Waals surface area contributed by atoms with Crippen LogP contribution in [0.1, 0.15) is 52.4 Å². The summed E-state index contributed by atoms with van der Waals surface area (Å²) in [6.07, 6.45) is 7.80. The lowest BCUT2D eigenvalue weighted by atomic mass is 9.82. The third-order valence-electron chi connectivity index (χ3n) is 5.01. The summed E-state index contributed by atoms with van der Waals surface area (Å²) in [4.78, 5) is 5.23. The van der Waals surface area contributed by atoms with Crippen LogP contribution in [0.15, 0.2) is 0 Å². The standard InChI is InChI=1S/C15H31N3/c1-3-14(2)18-11-9-17(10-12-18)13-15(16)7-5-4-6-8-15/h14H,3-13,16H2,1-2H3. The Balaban J connectivity index is 1.76. The van der Waals surface area contributed by atoms with Gasteiger partial charge in [0.15, 0.2) is 0 Å². The van der Waals surface area contributed by atoms with Crippen LogP contribution in [0.3, 0.4) is 0 Å². The molecule has 3 heteroatoms. The monoisotopic (exact) mass is 253 g/mol. The fourth-order valence-corrected chi connectivity index (χ4v) is 3.48. The van der Waals surface area contributed by atoms with Gasteiger partial charge >= 0.3 is 0 Å². The second-order valence-electron chi connectivity index (χ2n) is 6.49. The van der Waals surface area contributed by atoms with Gasteiger partial charge in [-0.2, -0.15) is 0 Å². The van der Waals surface area contributed by atoms with Crippen molar-refractivity contribution in [3.05, 3.63) is 0 Å². The van der Waals surface area contributed by atoms with Crippen LogP contribution < -0.4 is 5.73 Å². The number of piperazine rings is 1. The van der Waals surface area contributed by atoms with E-state index in [0.29, 0.717) is 0 Å². The van der Waals surface area contributed by atoms with Crippen molar-refractivity contribution in [2.45, 2.75) is 64.0 Å². The molecule has 18 heavy (non-hydrogen) atoms. The summed E-state index contributed by atoms with van der Waals surface area (Å²) in [5.74, 6) is 0. The Morgan fingerprint density at radius 3 is 2.22 bits per heavy atom. The molecule has 106 valence electrons. The maximum atomic E-state index is 6.56. The van der Waals surface area contributed by atoms with E-state index in [-0.39, 0.29) is 5.54 Å². The second-order valence-corrected chi connectivity index (χ2v) is 6.49. The fourth-order valence-electron chi connectivity index (χ4n) is 3.48. The van der Waals surface area contributed by atoms with Gasteiger partial charge in [0.25, 0.3) is 0 Å². The molecule has 2 N–H and O–H groups in total. The maximum absolute atomic E-state index is 6.56. The minimum atomic E-state index is 0.122. The smallest absolute Gasteiger partial charge is 0.0283 e. The van der Waals surface area contributed by atoms with Gasteiger partial charge in [-0.15, -0.1) is 0 Å². The molecule has 1 aliphatic heterocycles. The van der Waals surface area contributed by atoms with Crippen molar-refractivity contribution in [1.82, 2.24) is 9.80 Å². The normalized spacial score (nSPS) is 28.2. The van der Waals surface area contributed by atoms with E-state index in [1.165, 1.54) is 64.7 Å². The van der Waals surface area contributed by atoms with Gasteiger partial charge in [-0.1, -0.05) is 26.2 Å². The minimum Gasteiger partial charge on any atom is -0.324 e. The zero-order valence-electron chi connectivity index (χ0n) is 12.3. The number of rotatable bonds is 4. The van der Waals surface area contributed by atoms with E-state index in [4.69, 9.17) is 5.73 Å². The van der Waals surface area contributed by atoms with Crippen molar-refractivity contribution < 1.29 is 0 Å². The van der Waals surface area contributed by atoms with E-state index in [2.05, 4.69) is 23.6 Å². The van der Waals surface area contributed by atoms with Gasteiger partial charge in [-0.05, 0) is 26.2 Å². The highest BCUT2D eigenvalue weighted by Gasteiger charge is 2.31. The molecule has 0 spiro atoms. The summed E-state index contributed by atoms with van der Waals surface area (Å²) in [7, 11) is 0. The number of hydrogen-bond acceptors (Lipinski definition) is 3. The molecule has 1 heterocycles. The predicted octanol–water partition coefficient (Wildman–Crippen LogP) is 2.06. The molecule has 2 rings (SSSR count). The molecule has 2 aliphatic rings. The molecule has 0 radical (unpaired) electrons. The minimum absolute atomic E-state index is 0.122. The van der Waals surface area contributed by atoms with E-state index in [1.54, 1.807) is 0 Å². The lowest BCUT2D eigenvalue weighted by molar-refractivity contribution is 0.0772. The third-order valence-corrected chi connectivity index (χ3v) is 5.01. The Kier molecular flexibility index (Phi) is 5.05. The molecular formula is C15H31N3. The second kappa shape index (κ2) is 6.36. The van der Waals surface area contributed by atoms with Crippen LogP contribution >= 0.6 is 0 Å².